The fraction of sp³-hybridized carbons (Fsp3) is 0.167. The number of hydrogen-bond acceptors (Lipinski definition) is 1. The van der Waals surface area contributed by atoms with Crippen molar-refractivity contribution in [3.05, 3.63) is 23.0 Å². The Hall–Kier alpha value is -0.705. The summed E-state index contributed by atoms with van der Waals surface area (Å²) in [6.45, 7) is -3.68. The molecule has 0 spiro atoms. The van der Waals surface area contributed by atoms with Crippen LogP contribution in [0.15, 0.2) is 12.1 Å². The highest BCUT2D eigenvalue weighted by atomic mass is 35.5. The number of aryl methyl sites for hydroxylation is 1. The molecular formula is C6H5BClF3N-. The van der Waals surface area contributed by atoms with E-state index in [1.807, 2.05) is 0 Å². The second-order valence-electron chi connectivity index (χ2n) is 2.38. The van der Waals surface area contributed by atoms with Crippen LogP contribution in [0.4, 0.5) is 12.9 Å². The standard InChI is InChI=1S/C6H5BClF3N/c1-4-5(7(9,10)11)2-3-6(8)12-4/h2-3H,1H3/q-1. The van der Waals surface area contributed by atoms with Crippen LogP contribution in [0.2, 0.25) is 5.15 Å². The number of aromatic nitrogens is 1. The van der Waals surface area contributed by atoms with Crippen LogP contribution in [0.25, 0.3) is 0 Å². The Kier molecular flexibility index (Phi) is 2.33. The van der Waals surface area contributed by atoms with Gasteiger partial charge in [-0.05, 0) is 13.0 Å². The molecule has 0 aliphatic heterocycles. The summed E-state index contributed by atoms with van der Waals surface area (Å²) in [4.78, 5) is 3.50. The number of rotatable bonds is 1. The number of pyridine rings is 1. The van der Waals surface area contributed by atoms with Gasteiger partial charge in [-0.1, -0.05) is 23.1 Å². The quantitative estimate of drug-likeness (QED) is 0.493. The molecule has 1 rings (SSSR count). The second kappa shape index (κ2) is 2.97. The summed E-state index contributed by atoms with van der Waals surface area (Å²) in [5, 5.41) is 0.0799. The largest absolute Gasteiger partial charge is 0.511 e. The Bertz CT molecular complexity index is 299. The summed E-state index contributed by atoms with van der Waals surface area (Å²) in [6.07, 6.45) is 0. The van der Waals surface area contributed by atoms with Crippen LogP contribution < -0.4 is 5.46 Å². The smallest absolute Gasteiger partial charge is 0.445 e. The summed E-state index contributed by atoms with van der Waals surface area (Å²) in [5.74, 6) is 0. The van der Waals surface area contributed by atoms with Crippen LogP contribution in [0.1, 0.15) is 5.69 Å². The van der Waals surface area contributed by atoms with Gasteiger partial charge in [-0.25, -0.2) is 4.98 Å². The summed E-state index contributed by atoms with van der Waals surface area (Å²) >= 11 is 5.40. The molecule has 66 valence electrons. The van der Waals surface area contributed by atoms with Crippen molar-refractivity contribution in [2.75, 3.05) is 0 Å². The van der Waals surface area contributed by atoms with Gasteiger partial charge >= 0.3 is 6.98 Å². The molecule has 0 aliphatic carbocycles. The number of nitrogens with zero attached hydrogens (tertiary/aromatic N) is 1. The molecule has 0 unspecified atom stereocenters. The molecule has 0 bridgehead atoms. The zero-order valence-corrected chi connectivity index (χ0v) is 6.95. The molecule has 0 aliphatic rings. The van der Waals surface area contributed by atoms with Crippen LogP contribution in [0.3, 0.4) is 0 Å². The molecule has 0 saturated carbocycles. The molecule has 6 heteroatoms. The lowest BCUT2D eigenvalue weighted by Crippen LogP contribution is -2.36. The summed E-state index contributed by atoms with van der Waals surface area (Å²) in [5.41, 5.74) is -0.755. The van der Waals surface area contributed by atoms with E-state index in [0.29, 0.717) is 0 Å². The topological polar surface area (TPSA) is 12.9 Å². The highest BCUT2D eigenvalue weighted by molar-refractivity contribution is 6.73. The lowest BCUT2D eigenvalue weighted by Gasteiger charge is -2.16. The fourth-order valence-electron chi connectivity index (χ4n) is 0.887. The molecule has 0 atom stereocenters. The van der Waals surface area contributed by atoms with Crippen LogP contribution >= 0.6 is 11.6 Å². The average molecular weight is 194 g/mol. The molecule has 1 aromatic rings. The minimum atomic E-state index is -4.96. The first kappa shape index (κ1) is 9.38. The molecular weight excluding hydrogens is 189 g/mol. The predicted molar refractivity (Wildman–Crippen MR) is 42.7 cm³/mol. The average Bonchev–Trinajstić information content (AvgIpc) is 1.83. The van der Waals surface area contributed by atoms with Crippen molar-refractivity contribution in [2.45, 2.75) is 6.92 Å². The lowest BCUT2D eigenvalue weighted by molar-refractivity contribution is 0.500. The molecule has 1 heterocycles. The Balaban J connectivity index is 3.19. The lowest BCUT2D eigenvalue weighted by atomic mass is 9.79. The van der Waals surface area contributed by atoms with Crippen LogP contribution in [-0.2, 0) is 0 Å². The third-order valence-electron chi connectivity index (χ3n) is 1.45. The molecule has 1 nitrogen and oxygen atoms in total. The zero-order valence-electron chi connectivity index (χ0n) is 6.19. The summed E-state index contributed by atoms with van der Waals surface area (Å²) < 4.78 is 36.5. The van der Waals surface area contributed by atoms with Crippen LogP contribution in [0, 0.1) is 6.92 Å². The van der Waals surface area contributed by atoms with Gasteiger partial charge in [-0.15, -0.1) is 0 Å². The minimum absolute atomic E-state index is 0.0741. The van der Waals surface area contributed by atoms with Gasteiger partial charge in [-0.2, -0.15) is 0 Å². The number of halogens is 4. The molecule has 0 saturated heterocycles. The van der Waals surface area contributed by atoms with E-state index in [1.54, 1.807) is 0 Å². The Morgan fingerprint density at radius 1 is 1.33 bits per heavy atom. The highest BCUT2D eigenvalue weighted by Crippen LogP contribution is 2.12. The van der Waals surface area contributed by atoms with Crippen molar-refractivity contribution in [3.8, 4) is 0 Å². The Morgan fingerprint density at radius 3 is 2.33 bits per heavy atom. The van der Waals surface area contributed by atoms with Gasteiger partial charge in [0.25, 0.3) is 0 Å². The van der Waals surface area contributed by atoms with Crippen molar-refractivity contribution < 1.29 is 12.9 Å². The van der Waals surface area contributed by atoms with Crippen LogP contribution in [0.5, 0.6) is 0 Å². The van der Waals surface area contributed by atoms with Gasteiger partial charge in [0.2, 0.25) is 0 Å². The van der Waals surface area contributed by atoms with Gasteiger partial charge in [0.05, 0.1) is 0 Å². The maximum atomic E-state index is 12.2. The van der Waals surface area contributed by atoms with E-state index < -0.39 is 12.4 Å². The van der Waals surface area contributed by atoms with Crippen molar-refractivity contribution in [1.82, 2.24) is 4.98 Å². The van der Waals surface area contributed by atoms with Crippen molar-refractivity contribution in [2.24, 2.45) is 0 Å². The summed E-state index contributed by atoms with van der Waals surface area (Å²) in [6, 6.07) is 2.09. The molecule has 0 N–H and O–H groups in total. The van der Waals surface area contributed by atoms with E-state index in [9.17, 15) is 12.9 Å². The first-order valence-corrected chi connectivity index (χ1v) is 3.62. The molecule has 12 heavy (non-hydrogen) atoms. The predicted octanol–water partition coefficient (Wildman–Crippen LogP) is 2.10. The molecule has 1 aromatic heterocycles. The molecule has 0 aromatic carbocycles. The first-order chi connectivity index (χ1) is 5.41. The van der Waals surface area contributed by atoms with E-state index in [1.165, 1.54) is 6.92 Å². The highest BCUT2D eigenvalue weighted by Gasteiger charge is 2.27. The second-order valence-corrected chi connectivity index (χ2v) is 2.77. The molecule has 0 fully saturated rings. The third-order valence-corrected chi connectivity index (χ3v) is 1.66. The van der Waals surface area contributed by atoms with Gasteiger partial charge in [-0.3, -0.25) is 0 Å². The zero-order chi connectivity index (χ0) is 9.35. The van der Waals surface area contributed by atoms with E-state index in [4.69, 9.17) is 11.6 Å². The monoisotopic (exact) mass is 194 g/mol. The molecule has 0 amide bonds. The first-order valence-electron chi connectivity index (χ1n) is 3.24. The SMILES string of the molecule is Cc1nc(Cl)ccc1[B-](F)(F)F. The molecule has 0 radical (unpaired) electrons. The van der Waals surface area contributed by atoms with Gasteiger partial charge in [0, 0.05) is 5.69 Å². The Labute approximate surface area is 72.6 Å². The maximum absolute atomic E-state index is 12.2. The Morgan fingerprint density at radius 2 is 1.92 bits per heavy atom. The minimum Gasteiger partial charge on any atom is -0.445 e. The van der Waals surface area contributed by atoms with Crippen LogP contribution in [-0.4, -0.2) is 12.0 Å². The van der Waals surface area contributed by atoms with Crippen molar-refractivity contribution in [1.29, 1.82) is 0 Å². The van der Waals surface area contributed by atoms with Gasteiger partial charge in [0.15, 0.2) is 0 Å². The van der Waals surface area contributed by atoms with Crippen molar-refractivity contribution in [3.63, 3.8) is 0 Å². The van der Waals surface area contributed by atoms with E-state index >= 15 is 0 Å². The van der Waals surface area contributed by atoms with Crippen molar-refractivity contribution >= 4 is 24.0 Å². The van der Waals surface area contributed by atoms with Gasteiger partial charge < -0.3 is 12.9 Å². The van der Waals surface area contributed by atoms with Gasteiger partial charge in [0.1, 0.15) is 5.15 Å². The maximum Gasteiger partial charge on any atom is 0.511 e. The van der Waals surface area contributed by atoms with E-state index in [0.717, 1.165) is 12.1 Å². The van der Waals surface area contributed by atoms with E-state index in [2.05, 4.69) is 4.98 Å². The number of hydrogen-bond donors (Lipinski definition) is 0. The normalized spacial score (nSPS) is 11.8. The summed E-state index contributed by atoms with van der Waals surface area (Å²) in [7, 11) is 0. The fourth-order valence-corrected chi connectivity index (χ4v) is 1.08. The van der Waals surface area contributed by atoms with E-state index in [-0.39, 0.29) is 10.8 Å². The third kappa shape index (κ3) is 1.91.